The van der Waals surface area contributed by atoms with E-state index in [2.05, 4.69) is 26.8 Å². The van der Waals surface area contributed by atoms with Crippen molar-refractivity contribution in [2.24, 2.45) is 0 Å². The van der Waals surface area contributed by atoms with Gasteiger partial charge in [0.25, 0.3) is 0 Å². The zero-order valence-corrected chi connectivity index (χ0v) is 14.7. The topological polar surface area (TPSA) is 61.4 Å². The van der Waals surface area contributed by atoms with E-state index in [-0.39, 0.29) is 0 Å². The van der Waals surface area contributed by atoms with Gasteiger partial charge in [0, 0.05) is 22.7 Å². The van der Waals surface area contributed by atoms with Gasteiger partial charge in [-0.2, -0.15) is 9.61 Å². The normalized spacial score (nSPS) is 11.4. The largest absolute Gasteiger partial charge is 0.462 e. The molecule has 0 saturated carbocycles. The van der Waals surface area contributed by atoms with Crippen molar-refractivity contribution >= 4 is 33.6 Å². The van der Waals surface area contributed by atoms with Crippen molar-refractivity contribution in [3.8, 4) is 5.69 Å². The smallest absolute Gasteiger partial charge is 0.343 e. The number of benzene rings is 2. The van der Waals surface area contributed by atoms with Crippen molar-refractivity contribution in [1.29, 1.82) is 0 Å². The lowest BCUT2D eigenvalue weighted by Gasteiger charge is -2.08. The van der Waals surface area contributed by atoms with Gasteiger partial charge in [0.15, 0.2) is 11.3 Å². The molecule has 6 nitrogen and oxygen atoms in total. The van der Waals surface area contributed by atoms with Crippen molar-refractivity contribution in [1.82, 2.24) is 19.2 Å². The van der Waals surface area contributed by atoms with Gasteiger partial charge in [0.2, 0.25) is 0 Å². The Labute approximate surface area is 154 Å². The monoisotopic (exact) mass is 356 g/mol. The summed E-state index contributed by atoms with van der Waals surface area (Å²) in [6, 6.07) is 18.3. The minimum absolute atomic E-state index is 0.308. The average Bonchev–Trinajstić information content (AvgIpc) is 3.28. The molecule has 6 heteroatoms. The van der Waals surface area contributed by atoms with Gasteiger partial charge in [-0.3, -0.25) is 4.57 Å². The van der Waals surface area contributed by atoms with Gasteiger partial charge in [-0.05, 0) is 25.1 Å². The molecule has 0 radical (unpaired) electrons. The van der Waals surface area contributed by atoms with E-state index < -0.39 is 5.97 Å². The fourth-order valence-electron chi connectivity index (χ4n) is 3.53. The molecule has 0 bridgehead atoms. The summed E-state index contributed by atoms with van der Waals surface area (Å²) in [5.74, 6) is -0.415. The van der Waals surface area contributed by atoms with Crippen LogP contribution in [0.1, 0.15) is 17.3 Å². The van der Waals surface area contributed by atoms with Crippen LogP contribution >= 0.6 is 0 Å². The van der Waals surface area contributed by atoms with Crippen LogP contribution in [0, 0.1) is 0 Å². The molecule has 27 heavy (non-hydrogen) atoms. The minimum Gasteiger partial charge on any atom is -0.462 e. The molecule has 5 aromatic rings. The Bertz CT molecular complexity index is 1300. The third-order valence-corrected chi connectivity index (χ3v) is 4.66. The summed E-state index contributed by atoms with van der Waals surface area (Å²) in [6.45, 7) is 2.09. The van der Waals surface area contributed by atoms with Crippen LogP contribution in [0.15, 0.2) is 67.0 Å². The summed E-state index contributed by atoms with van der Waals surface area (Å²) < 4.78 is 9.00. The molecule has 5 rings (SSSR count). The SMILES string of the molecule is CCOC(=O)c1cnn2c1ncc1c3ccccc3n(-c3ccccc3)c12. The Morgan fingerprint density at radius 1 is 1.00 bits per heavy atom. The molecule has 0 unspecified atom stereocenters. The van der Waals surface area contributed by atoms with Gasteiger partial charge < -0.3 is 4.74 Å². The van der Waals surface area contributed by atoms with Crippen LogP contribution in [0.2, 0.25) is 0 Å². The fourth-order valence-corrected chi connectivity index (χ4v) is 3.53. The van der Waals surface area contributed by atoms with Crippen LogP contribution in [0.4, 0.5) is 0 Å². The number of esters is 1. The fraction of sp³-hybridized carbons (Fsp3) is 0.0952. The Morgan fingerprint density at radius 2 is 1.78 bits per heavy atom. The number of hydrogen-bond donors (Lipinski definition) is 0. The van der Waals surface area contributed by atoms with E-state index in [1.165, 1.54) is 6.20 Å². The zero-order valence-electron chi connectivity index (χ0n) is 14.7. The lowest BCUT2D eigenvalue weighted by atomic mass is 10.2. The standard InChI is InChI=1S/C21H16N4O2/c1-2-27-21(26)17-13-23-25-19(17)22-12-16-15-10-6-7-11-18(15)24(20(16)25)14-8-4-3-5-9-14/h3-13H,2H2,1H3. The van der Waals surface area contributed by atoms with Crippen molar-refractivity contribution in [3.63, 3.8) is 0 Å². The van der Waals surface area contributed by atoms with E-state index in [0.29, 0.717) is 17.8 Å². The molecule has 132 valence electrons. The number of hydrogen-bond acceptors (Lipinski definition) is 4. The second-order valence-corrected chi connectivity index (χ2v) is 6.20. The number of nitrogens with zero attached hydrogens (tertiary/aromatic N) is 4. The van der Waals surface area contributed by atoms with Crippen LogP contribution in [0.3, 0.4) is 0 Å². The van der Waals surface area contributed by atoms with Gasteiger partial charge in [0.05, 0.1) is 18.3 Å². The summed E-state index contributed by atoms with van der Waals surface area (Å²) in [5.41, 5.74) is 3.79. The summed E-state index contributed by atoms with van der Waals surface area (Å²) >= 11 is 0. The average molecular weight is 356 g/mol. The molecule has 0 aliphatic heterocycles. The molecule has 0 amide bonds. The molecular formula is C21H16N4O2. The second-order valence-electron chi connectivity index (χ2n) is 6.20. The molecule has 0 aliphatic rings. The van der Waals surface area contributed by atoms with E-state index in [4.69, 9.17) is 4.74 Å². The first kappa shape index (κ1) is 15.6. The first-order valence-electron chi connectivity index (χ1n) is 8.78. The highest BCUT2D eigenvalue weighted by Gasteiger charge is 2.20. The van der Waals surface area contributed by atoms with Crippen molar-refractivity contribution in [2.75, 3.05) is 6.61 Å². The van der Waals surface area contributed by atoms with Crippen molar-refractivity contribution < 1.29 is 9.53 Å². The quantitative estimate of drug-likeness (QED) is 0.458. The highest BCUT2D eigenvalue weighted by Crippen LogP contribution is 2.32. The molecular weight excluding hydrogens is 340 g/mol. The second kappa shape index (κ2) is 5.95. The number of carbonyl (C=O) groups is 1. The maximum absolute atomic E-state index is 12.3. The summed E-state index contributed by atoms with van der Waals surface area (Å²) in [5, 5.41) is 6.52. The summed E-state index contributed by atoms with van der Waals surface area (Å²) in [7, 11) is 0. The van der Waals surface area contributed by atoms with Gasteiger partial charge in [-0.25, -0.2) is 9.78 Å². The van der Waals surface area contributed by atoms with Crippen LogP contribution in [-0.2, 0) is 4.74 Å². The predicted molar refractivity (Wildman–Crippen MR) is 103 cm³/mol. The Kier molecular flexibility index (Phi) is 3.43. The number of fused-ring (bicyclic) bond motifs is 5. The lowest BCUT2D eigenvalue weighted by Crippen LogP contribution is -2.05. The lowest BCUT2D eigenvalue weighted by molar-refractivity contribution is 0.0528. The van der Waals surface area contributed by atoms with Crippen LogP contribution in [-0.4, -0.2) is 31.7 Å². The number of rotatable bonds is 3. The molecule has 2 aromatic carbocycles. The van der Waals surface area contributed by atoms with Gasteiger partial charge in [-0.1, -0.05) is 36.4 Å². The zero-order chi connectivity index (χ0) is 18.4. The molecule has 0 fully saturated rings. The summed E-state index contributed by atoms with van der Waals surface area (Å²) in [6.07, 6.45) is 3.32. The van der Waals surface area contributed by atoms with E-state index in [9.17, 15) is 4.79 Å². The molecule has 0 aliphatic carbocycles. The van der Waals surface area contributed by atoms with E-state index in [0.717, 1.165) is 27.6 Å². The molecule has 0 saturated heterocycles. The molecule has 0 spiro atoms. The van der Waals surface area contributed by atoms with Crippen LogP contribution in [0.5, 0.6) is 0 Å². The predicted octanol–water partition coefficient (Wildman–Crippen LogP) is 4.00. The first-order valence-corrected chi connectivity index (χ1v) is 8.78. The maximum Gasteiger partial charge on any atom is 0.343 e. The maximum atomic E-state index is 12.3. The first-order chi connectivity index (χ1) is 13.3. The Hall–Kier alpha value is -3.67. The Balaban J connectivity index is 1.93. The molecule has 0 atom stereocenters. The van der Waals surface area contributed by atoms with Crippen molar-refractivity contribution in [3.05, 3.63) is 72.6 Å². The minimum atomic E-state index is -0.415. The third kappa shape index (κ3) is 2.23. The molecule has 3 aromatic heterocycles. The van der Waals surface area contributed by atoms with Gasteiger partial charge >= 0.3 is 5.97 Å². The third-order valence-electron chi connectivity index (χ3n) is 4.66. The molecule has 3 heterocycles. The van der Waals surface area contributed by atoms with Gasteiger partial charge in [0.1, 0.15) is 5.56 Å². The van der Waals surface area contributed by atoms with E-state index in [1.807, 2.05) is 42.5 Å². The molecule has 0 N–H and O–H groups in total. The number of aromatic nitrogens is 4. The number of carbonyl (C=O) groups excluding carboxylic acids is 1. The summed E-state index contributed by atoms with van der Waals surface area (Å²) in [4.78, 5) is 16.8. The highest BCUT2D eigenvalue weighted by molar-refractivity contribution is 6.08. The van der Waals surface area contributed by atoms with Crippen LogP contribution in [0.25, 0.3) is 33.3 Å². The van der Waals surface area contributed by atoms with E-state index >= 15 is 0 Å². The Morgan fingerprint density at radius 3 is 2.59 bits per heavy atom. The number of ether oxygens (including phenoxy) is 1. The van der Waals surface area contributed by atoms with Gasteiger partial charge in [-0.15, -0.1) is 0 Å². The van der Waals surface area contributed by atoms with E-state index in [1.54, 1.807) is 17.6 Å². The number of para-hydroxylation sites is 2. The highest BCUT2D eigenvalue weighted by atomic mass is 16.5. The van der Waals surface area contributed by atoms with Crippen molar-refractivity contribution in [2.45, 2.75) is 6.92 Å². The van der Waals surface area contributed by atoms with Crippen LogP contribution < -0.4 is 0 Å².